The normalized spacial score (nSPS) is 10.9. The summed E-state index contributed by atoms with van der Waals surface area (Å²) in [7, 11) is 0. The molecule has 0 atom stereocenters. The number of hydrogen-bond acceptors (Lipinski definition) is 5. The van der Waals surface area contributed by atoms with Crippen LogP contribution in [0.15, 0.2) is 5.38 Å². The molecule has 15 heavy (non-hydrogen) atoms. The Balaban J connectivity index is 2.17. The number of hydrogen-bond donors (Lipinski definition) is 1. The van der Waals surface area contributed by atoms with Crippen LogP contribution < -0.4 is 5.73 Å². The molecule has 0 aliphatic rings. The van der Waals surface area contributed by atoms with Crippen molar-refractivity contribution >= 4 is 22.7 Å². The summed E-state index contributed by atoms with van der Waals surface area (Å²) < 4.78 is 0. The number of nitrogens with two attached hydrogens (primary N) is 1. The summed E-state index contributed by atoms with van der Waals surface area (Å²) in [5.41, 5.74) is 7.77. The van der Waals surface area contributed by atoms with Crippen LogP contribution in [-0.4, -0.2) is 9.97 Å². The average Bonchev–Trinajstić information content (AvgIpc) is 2.73. The number of nitrogens with zero attached hydrogens (tertiary/aromatic N) is 2. The van der Waals surface area contributed by atoms with Gasteiger partial charge in [-0.3, -0.25) is 0 Å². The molecular weight excluding hydrogens is 226 g/mol. The van der Waals surface area contributed by atoms with Crippen LogP contribution in [0.25, 0.3) is 0 Å². The second-order valence-corrected chi connectivity index (χ2v) is 5.49. The van der Waals surface area contributed by atoms with Crippen molar-refractivity contribution in [2.24, 2.45) is 5.73 Å². The van der Waals surface area contributed by atoms with E-state index in [0.29, 0.717) is 6.54 Å². The molecule has 0 unspecified atom stereocenters. The van der Waals surface area contributed by atoms with E-state index in [-0.39, 0.29) is 0 Å². The van der Waals surface area contributed by atoms with Crippen molar-refractivity contribution in [1.29, 1.82) is 0 Å². The van der Waals surface area contributed by atoms with Gasteiger partial charge in [0.15, 0.2) is 0 Å². The van der Waals surface area contributed by atoms with Crippen LogP contribution in [0.3, 0.4) is 0 Å². The third kappa shape index (κ3) is 2.42. The minimum atomic E-state index is 0.584. The number of aromatic nitrogens is 2. The summed E-state index contributed by atoms with van der Waals surface area (Å²) >= 11 is 3.39. The second-order valence-electron chi connectivity index (χ2n) is 3.38. The molecule has 0 aromatic carbocycles. The fourth-order valence-electron chi connectivity index (χ4n) is 1.37. The topological polar surface area (TPSA) is 51.8 Å². The van der Waals surface area contributed by atoms with E-state index in [9.17, 15) is 0 Å². The fourth-order valence-corrected chi connectivity index (χ4v) is 3.19. The van der Waals surface area contributed by atoms with E-state index in [1.165, 1.54) is 4.88 Å². The molecule has 5 heteroatoms. The highest BCUT2D eigenvalue weighted by molar-refractivity contribution is 7.12. The third-order valence-corrected chi connectivity index (χ3v) is 4.24. The molecule has 2 aromatic heterocycles. The zero-order valence-corrected chi connectivity index (χ0v) is 10.4. The molecule has 2 heterocycles. The second kappa shape index (κ2) is 4.38. The molecule has 0 saturated carbocycles. The summed E-state index contributed by atoms with van der Waals surface area (Å²) in [4.78, 5) is 10.1. The van der Waals surface area contributed by atoms with Crippen molar-refractivity contribution in [2.75, 3.05) is 0 Å². The molecule has 80 valence electrons. The molecule has 0 amide bonds. The molecule has 0 bridgehead atoms. The van der Waals surface area contributed by atoms with E-state index >= 15 is 0 Å². The van der Waals surface area contributed by atoms with E-state index < -0.39 is 0 Å². The number of thiazole rings is 2. The smallest absolute Gasteiger partial charge is 0.0999 e. The monoisotopic (exact) mass is 239 g/mol. The first kappa shape index (κ1) is 10.7. The Morgan fingerprint density at radius 3 is 2.60 bits per heavy atom. The molecule has 0 fully saturated rings. The van der Waals surface area contributed by atoms with Gasteiger partial charge in [0, 0.05) is 22.5 Å². The Hall–Kier alpha value is -0.780. The predicted octanol–water partition coefficient (Wildman–Crippen LogP) is 2.27. The third-order valence-electron chi connectivity index (χ3n) is 2.09. The van der Waals surface area contributed by atoms with Crippen LogP contribution in [0.1, 0.15) is 26.3 Å². The van der Waals surface area contributed by atoms with E-state index in [1.807, 2.05) is 13.8 Å². The van der Waals surface area contributed by atoms with Gasteiger partial charge in [-0.1, -0.05) is 0 Å². The van der Waals surface area contributed by atoms with Crippen LogP contribution in [0.2, 0.25) is 0 Å². The first-order valence-electron chi connectivity index (χ1n) is 4.75. The molecule has 0 radical (unpaired) electrons. The SMILES string of the molecule is Cc1csc(Cc2nc(C)c(CN)s2)n1. The summed E-state index contributed by atoms with van der Waals surface area (Å²) in [6.45, 7) is 4.61. The van der Waals surface area contributed by atoms with Gasteiger partial charge in [0.1, 0.15) is 0 Å². The van der Waals surface area contributed by atoms with Crippen molar-refractivity contribution in [3.05, 3.63) is 31.7 Å². The van der Waals surface area contributed by atoms with Gasteiger partial charge in [0.25, 0.3) is 0 Å². The highest BCUT2D eigenvalue weighted by Gasteiger charge is 2.08. The van der Waals surface area contributed by atoms with Gasteiger partial charge < -0.3 is 5.73 Å². The lowest BCUT2D eigenvalue weighted by Crippen LogP contribution is -1.94. The Labute approximate surface area is 97.0 Å². The van der Waals surface area contributed by atoms with E-state index in [0.717, 1.165) is 27.8 Å². The molecular formula is C10H13N3S2. The van der Waals surface area contributed by atoms with Gasteiger partial charge in [-0.25, -0.2) is 9.97 Å². The van der Waals surface area contributed by atoms with E-state index in [2.05, 4.69) is 15.3 Å². The molecule has 0 spiro atoms. The summed E-state index contributed by atoms with van der Waals surface area (Å²) in [6, 6.07) is 0. The molecule has 2 rings (SSSR count). The van der Waals surface area contributed by atoms with E-state index in [4.69, 9.17) is 5.73 Å². The van der Waals surface area contributed by atoms with Crippen LogP contribution in [-0.2, 0) is 13.0 Å². The van der Waals surface area contributed by atoms with Crippen molar-refractivity contribution in [3.63, 3.8) is 0 Å². The van der Waals surface area contributed by atoms with Gasteiger partial charge in [-0.2, -0.15) is 0 Å². The highest BCUT2D eigenvalue weighted by Crippen LogP contribution is 2.21. The Morgan fingerprint density at radius 1 is 1.27 bits per heavy atom. The minimum absolute atomic E-state index is 0.584. The van der Waals surface area contributed by atoms with Gasteiger partial charge in [0.2, 0.25) is 0 Å². The van der Waals surface area contributed by atoms with Crippen molar-refractivity contribution in [3.8, 4) is 0 Å². The predicted molar refractivity (Wildman–Crippen MR) is 64.4 cm³/mol. The first-order chi connectivity index (χ1) is 7.19. The summed E-state index contributed by atoms with van der Waals surface area (Å²) in [5, 5.41) is 4.31. The van der Waals surface area contributed by atoms with Crippen LogP contribution in [0.5, 0.6) is 0 Å². The van der Waals surface area contributed by atoms with E-state index in [1.54, 1.807) is 22.7 Å². The lowest BCUT2D eigenvalue weighted by Gasteiger charge is -1.89. The van der Waals surface area contributed by atoms with Gasteiger partial charge in [0.05, 0.1) is 22.1 Å². The molecule has 0 aliphatic heterocycles. The zero-order chi connectivity index (χ0) is 10.8. The van der Waals surface area contributed by atoms with Crippen molar-refractivity contribution in [2.45, 2.75) is 26.8 Å². The van der Waals surface area contributed by atoms with Crippen LogP contribution >= 0.6 is 22.7 Å². The molecule has 2 aromatic rings. The lowest BCUT2D eigenvalue weighted by atomic mass is 10.4. The first-order valence-corrected chi connectivity index (χ1v) is 6.45. The molecule has 3 nitrogen and oxygen atoms in total. The number of aryl methyl sites for hydroxylation is 2. The van der Waals surface area contributed by atoms with Gasteiger partial charge >= 0.3 is 0 Å². The maximum absolute atomic E-state index is 5.62. The van der Waals surface area contributed by atoms with Crippen molar-refractivity contribution in [1.82, 2.24) is 9.97 Å². The highest BCUT2D eigenvalue weighted by atomic mass is 32.1. The lowest BCUT2D eigenvalue weighted by molar-refractivity contribution is 1.03. The average molecular weight is 239 g/mol. The van der Waals surface area contributed by atoms with Gasteiger partial charge in [-0.15, -0.1) is 22.7 Å². The zero-order valence-electron chi connectivity index (χ0n) is 8.78. The Bertz CT molecular complexity index is 459. The minimum Gasteiger partial charge on any atom is -0.326 e. The molecule has 0 aliphatic carbocycles. The summed E-state index contributed by atoms with van der Waals surface area (Å²) in [6.07, 6.45) is 0.837. The maximum atomic E-state index is 5.62. The van der Waals surface area contributed by atoms with Crippen LogP contribution in [0, 0.1) is 13.8 Å². The summed E-state index contributed by atoms with van der Waals surface area (Å²) in [5.74, 6) is 0. The van der Waals surface area contributed by atoms with Crippen molar-refractivity contribution < 1.29 is 0 Å². The fraction of sp³-hybridized carbons (Fsp3) is 0.400. The standard InChI is InChI=1S/C10H13N3S2/c1-6-5-14-9(12-6)3-10-13-7(2)8(4-11)15-10/h5H,3-4,11H2,1-2H3. The van der Waals surface area contributed by atoms with Crippen LogP contribution in [0.4, 0.5) is 0 Å². The maximum Gasteiger partial charge on any atom is 0.0999 e. The molecule has 0 saturated heterocycles. The number of rotatable bonds is 3. The Kier molecular flexibility index (Phi) is 3.14. The Morgan fingerprint density at radius 2 is 2.07 bits per heavy atom. The molecule has 2 N–H and O–H groups in total. The van der Waals surface area contributed by atoms with Gasteiger partial charge in [-0.05, 0) is 13.8 Å². The quantitative estimate of drug-likeness (QED) is 0.894. The largest absolute Gasteiger partial charge is 0.326 e.